The molecule has 8 amide bonds. The first-order valence-corrected chi connectivity index (χ1v) is 21.6. The van der Waals surface area contributed by atoms with E-state index in [0.717, 1.165) is 0 Å². The molecule has 0 aliphatic rings. The molecule has 0 aromatic heterocycles. The quantitative estimate of drug-likeness (QED) is 0.0329. The fourth-order valence-corrected chi connectivity index (χ4v) is 6.27. The average Bonchev–Trinajstić information content (AvgIpc) is 3.29. The molecule has 2 rings (SSSR count). The Morgan fingerprint density at radius 3 is 1.42 bits per heavy atom. The number of aliphatic carboxylic acids is 5. The number of carboxylic acids is 5. The summed E-state index contributed by atoms with van der Waals surface area (Å²) in [6.45, 7) is -0.892. The number of thiol groups is 1. The van der Waals surface area contributed by atoms with E-state index in [1.165, 1.54) is 0 Å². The van der Waals surface area contributed by atoms with Crippen LogP contribution in [0.25, 0.3) is 0 Å². The Kier molecular flexibility index (Phi) is 24.7. The van der Waals surface area contributed by atoms with E-state index in [0.29, 0.717) is 11.1 Å². The zero-order valence-electron chi connectivity index (χ0n) is 36.8. The number of hydrogen-bond acceptors (Lipinski definition) is 14. The second-order valence-electron chi connectivity index (χ2n) is 15.1. The third kappa shape index (κ3) is 22.5. The molecule has 2 aromatic rings. The van der Waals surface area contributed by atoms with Crippen LogP contribution >= 0.6 is 12.6 Å². The van der Waals surface area contributed by atoms with Crippen LogP contribution in [0.5, 0.6) is 0 Å². The lowest BCUT2D eigenvalue weighted by Crippen LogP contribution is -2.58. The summed E-state index contributed by atoms with van der Waals surface area (Å²) in [5.41, 5.74) is 7.15. The molecular formula is C42H55N9O17S. The number of carboxylic acid groups (broad SMARTS) is 5. The molecule has 69 heavy (non-hydrogen) atoms. The molecule has 0 heterocycles. The van der Waals surface area contributed by atoms with Gasteiger partial charge >= 0.3 is 35.9 Å². The van der Waals surface area contributed by atoms with Gasteiger partial charge in [0.15, 0.2) is 0 Å². The van der Waals surface area contributed by atoms with Crippen molar-refractivity contribution in [2.45, 2.75) is 93.7 Å². The predicted octanol–water partition coefficient (Wildman–Crippen LogP) is -3.30. The van der Waals surface area contributed by atoms with Crippen LogP contribution in [-0.2, 0) is 65.6 Å². The molecule has 0 radical (unpaired) electrons. The highest BCUT2D eigenvalue weighted by molar-refractivity contribution is 7.80. The minimum absolute atomic E-state index is 0.0777. The summed E-state index contributed by atoms with van der Waals surface area (Å²) in [6, 6.07) is 4.76. The van der Waals surface area contributed by atoms with Gasteiger partial charge in [-0.2, -0.15) is 12.6 Å². The van der Waals surface area contributed by atoms with Crippen molar-refractivity contribution in [1.82, 2.24) is 42.5 Å². The van der Waals surface area contributed by atoms with Gasteiger partial charge in [-0.05, 0) is 24.0 Å². The third-order valence-electron chi connectivity index (χ3n) is 9.68. The molecule has 7 atom stereocenters. The van der Waals surface area contributed by atoms with Crippen LogP contribution < -0.4 is 48.3 Å². The number of amides is 8. The summed E-state index contributed by atoms with van der Waals surface area (Å²) in [5.74, 6) is -13.2. The maximum absolute atomic E-state index is 13.9. The third-order valence-corrected chi connectivity index (χ3v) is 10.0. The number of hydrogen-bond donors (Lipinski definition) is 15. The van der Waals surface area contributed by atoms with Crippen molar-refractivity contribution in [1.29, 1.82) is 0 Å². The monoisotopic (exact) mass is 989 g/mol. The second-order valence-corrected chi connectivity index (χ2v) is 15.5. The number of rotatable bonds is 31. The number of carbonyl (C=O) groups excluding carboxylic acids is 7. The Morgan fingerprint density at radius 1 is 0.478 bits per heavy atom. The minimum Gasteiger partial charge on any atom is -0.481 e. The van der Waals surface area contributed by atoms with Gasteiger partial charge in [-0.3, -0.25) is 38.4 Å². The van der Waals surface area contributed by atoms with Crippen LogP contribution in [0.4, 0.5) is 4.79 Å². The van der Waals surface area contributed by atoms with Gasteiger partial charge in [0.1, 0.15) is 42.3 Å². The summed E-state index contributed by atoms with van der Waals surface area (Å²) in [4.78, 5) is 148. The lowest BCUT2D eigenvalue weighted by atomic mass is 10.0. The van der Waals surface area contributed by atoms with Gasteiger partial charge in [0.2, 0.25) is 35.4 Å². The van der Waals surface area contributed by atoms with Gasteiger partial charge in [0.25, 0.3) is 0 Å². The molecule has 3 unspecified atom stereocenters. The van der Waals surface area contributed by atoms with Gasteiger partial charge in [0.05, 0.1) is 6.42 Å². The fourth-order valence-electron chi connectivity index (χ4n) is 6.02. The van der Waals surface area contributed by atoms with Gasteiger partial charge in [-0.15, -0.1) is 0 Å². The van der Waals surface area contributed by atoms with E-state index in [2.05, 4.69) is 44.5 Å². The minimum atomic E-state index is -1.76. The molecule has 0 spiro atoms. The standard InChI is InChI=1S/C42H55N9O17S/c43-24(35(58)47-29(19-34(56)57)38(61)49-30(21-69)41(66)67)20-45-36(59)27(17-22-7-3-1-4-8-22)48-37(60)28(18-23-9-5-2-6-10-23)46-32(53)15-16-44-31(52)13-11-25(39(62)63)50-42(68)51-26(40(64)65)12-14-33(54)55/h1-10,24-30,69H,11-21,43H2,(H,44,52)(H,45,59)(H,46,53)(H,47,58)(H,48,60)(H,49,61)(H,54,55)(H,56,57)(H,62,63)(H,64,65)(H,66,67)(H2,50,51,68)/t24-,25-,26-,27-,28?,29?,30?/m0/s1. The summed E-state index contributed by atoms with van der Waals surface area (Å²) >= 11 is 3.83. The first-order chi connectivity index (χ1) is 32.6. The number of carbonyl (C=O) groups is 12. The van der Waals surface area contributed by atoms with Gasteiger partial charge in [-0.25, -0.2) is 19.2 Å². The molecule has 0 fully saturated rings. The Balaban J connectivity index is 2.12. The number of nitrogens with two attached hydrogens (primary N) is 1. The van der Waals surface area contributed by atoms with E-state index in [-0.39, 0.29) is 25.1 Å². The van der Waals surface area contributed by atoms with E-state index in [9.17, 15) is 78.0 Å². The topological polar surface area (TPSA) is 428 Å². The van der Waals surface area contributed by atoms with Crippen LogP contribution in [0, 0.1) is 0 Å². The van der Waals surface area contributed by atoms with Crippen LogP contribution in [0.15, 0.2) is 60.7 Å². The lowest BCUT2D eigenvalue weighted by Gasteiger charge is -2.24. The molecule has 0 saturated heterocycles. The Labute approximate surface area is 398 Å². The first-order valence-electron chi connectivity index (χ1n) is 21.0. The highest BCUT2D eigenvalue weighted by Gasteiger charge is 2.32. The molecule has 2 aromatic carbocycles. The molecule has 376 valence electrons. The molecule has 0 saturated carbocycles. The second kappa shape index (κ2) is 29.8. The molecule has 0 aliphatic heterocycles. The van der Waals surface area contributed by atoms with Gasteiger partial charge in [-0.1, -0.05) is 60.7 Å². The van der Waals surface area contributed by atoms with Crippen LogP contribution in [0.2, 0.25) is 0 Å². The zero-order chi connectivity index (χ0) is 51.6. The summed E-state index contributed by atoms with van der Waals surface area (Å²) < 4.78 is 0. The van der Waals surface area contributed by atoms with Crippen LogP contribution in [0.3, 0.4) is 0 Å². The van der Waals surface area contributed by atoms with E-state index in [1.807, 2.05) is 10.6 Å². The Hall–Kier alpha value is -7.81. The van der Waals surface area contributed by atoms with E-state index >= 15 is 0 Å². The van der Waals surface area contributed by atoms with E-state index in [1.54, 1.807) is 60.7 Å². The number of urea groups is 1. The van der Waals surface area contributed by atoms with Gasteiger partial charge in [0, 0.05) is 50.9 Å². The predicted molar refractivity (Wildman–Crippen MR) is 241 cm³/mol. The van der Waals surface area contributed by atoms with E-state index < -0.39 is 159 Å². The van der Waals surface area contributed by atoms with Crippen LogP contribution in [-0.4, -0.2) is 158 Å². The molecule has 0 bridgehead atoms. The largest absolute Gasteiger partial charge is 0.481 e. The van der Waals surface area contributed by atoms with E-state index in [4.69, 9.17) is 10.8 Å². The highest BCUT2D eigenvalue weighted by Crippen LogP contribution is 2.09. The van der Waals surface area contributed by atoms with Gasteiger partial charge < -0.3 is 73.8 Å². The maximum atomic E-state index is 13.9. The Morgan fingerprint density at radius 2 is 0.942 bits per heavy atom. The molecule has 27 heteroatoms. The van der Waals surface area contributed by atoms with Crippen molar-refractivity contribution in [3.8, 4) is 0 Å². The van der Waals surface area contributed by atoms with Crippen molar-refractivity contribution in [2.24, 2.45) is 5.73 Å². The SMILES string of the molecule is N[C@@H](CNC(=O)[C@H](Cc1ccccc1)NC(=O)C(Cc1ccccc1)NC(=O)CCNC(=O)CC[C@H](NC(=O)N[C@@H](CCC(=O)O)C(=O)O)C(=O)O)C(=O)NC(CC(=O)O)C(=O)NC(CS)C(=O)O. The number of nitrogens with one attached hydrogen (secondary N) is 8. The molecule has 26 nitrogen and oxygen atoms in total. The normalized spacial score (nSPS) is 13.7. The fraction of sp³-hybridized carbons (Fsp3) is 0.429. The summed E-state index contributed by atoms with van der Waals surface area (Å²) in [5, 5.41) is 64.3. The zero-order valence-corrected chi connectivity index (χ0v) is 37.6. The van der Waals surface area contributed by atoms with Crippen molar-refractivity contribution >= 4 is 83.9 Å². The summed E-state index contributed by atoms with van der Waals surface area (Å²) in [7, 11) is 0. The smallest absolute Gasteiger partial charge is 0.327 e. The molecule has 0 aliphatic carbocycles. The van der Waals surface area contributed by atoms with Crippen molar-refractivity contribution in [3.05, 3.63) is 71.8 Å². The van der Waals surface area contributed by atoms with Crippen molar-refractivity contribution < 1.29 is 83.1 Å². The maximum Gasteiger partial charge on any atom is 0.327 e. The van der Waals surface area contributed by atoms with Crippen molar-refractivity contribution in [2.75, 3.05) is 18.8 Å². The van der Waals surface area contributed by atoms with Crippen LogP contribution in [0.1, 0.15) is 49.7 Å². The molecular weight excluding hydrogens is 935 g/mol. The summed E-state index contributed by atoms with van der Waals surface area (Å²) in [6.07, 6.45) is -3.55. The average molecular weight is 990 g/mol. The number of benzene rings is 2. The lowest BCUT2D eigenvalue weighted by molar-refractivity contribution is -0.143. The highest BCUT2D eigenvalue weighted by atomic mass is 32.1. The Bertz CT molecular complexity index is 2150. The molecule has 15 N–H and O–H groups in total. The van der Waals surface area contributed by atoms with Crippen molar-refractivity contribution in [3.63, 3.8) is 0 Å². The first kappa shape index (κ1) is 57.3.